The van der Waals surface area contributed by atoms with Crippen molar-refractivity contribution in [2.75, 3.05) is 25.5 Å². The van der Waals surface area contributed by atoms with Crippen LogP contribution in [0.15, 0.2) is 12.3 Å². The van der Waals surface area contributed by atoms with Crippen molar-refractivity contribution in [3.05, 3.63) is 45.4 Å². The van der Waals surface area contributed by atoms with Gasteiger partial charge in [0.2, 0.25) is 0 Å². The third-order valence-electron chi connectivity index (χ3n) is 3.93. The van der Waals surface area contributed by atoms with E-state index in [-0.39, 0.29) is 29.6 Å². The molecule has 2 aromatic rings. The molecule has 0 saturated carbocycles. The minimum Gasteiger partial charge on any atom is -0.465 e. The fourth-order valence-corrected chi connectivity index (χ4v) is 2.79. The van der Waals surface area contributed by atoms with E-state index >= 15 is 0 Å². The van der Waals surface area contributed by atoms with Crippen LogP contribution in [-0.2, 0) is 10.9 Å². The lowest BCUT2D eigenvalue weighted by molar-refractivity contribution is -0.137. The quantitative estimate of drug-likeness (QED) is 0.494. The number of amides is 1. The van der Waals surface area contributed by atoms with Gasteiger partial charge in [0.25, 0.3) is 5.91 Å². The van der Waals surface area contributed by atoms with Gasteiger partial charge in [0.1, 0.15) is 11.5 Å². The first-order valence-corrected chi connectivity index (χ1v) is 8.46. The summed E-state index contributed by atoms with van der Waals surface area (Å²) < 4.78 is 42.5. The van der Waals surface area contributed by atoms with Crippen molar-refractivity contribution in [1.82, 2.24) is 15.3 Å². The van der Waals surface area contributed by atoms with Crippen LogP contribution < -0.4 is 10.6 Å². The number of carbonyl (C=O) groups is 2. The fourth-order valence-electron chi connectivity index (χ4n) is 2.55. The summed E-state index contributed by atoms with van der Waals surface area (Å²) in [4.78, 5) is 30.5. The van der Waals surface area contributed by atoms with E-state index in [9.17, 15) is 22.8 Å². The van der Waals surface area contributed by atoms with E-state index < -0.39 is 23.6 Å². The number of pyridine rings is 1. The maximum atomic E-state index is 12.6. The van der Waals surface area contributed by atoms with Gasteiger partial charge in [-0.25, -0.2) is 9.78 Å². The first-order valence-electron chi connectivity index (χ1n) is 8.08. The van der Waals surface area contributed by atoms with E-state index in [1.54, 1.807) is 13.8 Å². The number of nitrogens with one attached hydrogen (secondary N) is 3. The van der Waals surface area contributed by atoms with Crippen LogP contribution in [0.4, 0.5) is 19.0 Å². The molecule has 0 bridgehead atoms. The van der Waals surface area contributed by atoms with Crippen LogP contribution in [0.5, 0.6) is 0 Å². The molecule has 0 aliphatic heterocycles. The zero-order valence-corrected chi connectivity index (χ0v) is 16.0. The lowest BCUT2D eigenvalue weighted by Crippen LogP contribution is -2.29. The van der Waals surface area contributed by atoms with Crippen molar-refractivity contribution in [3.63, 3.8) is 0 Å². The lowest BCUT2D eigenvalue weighted by atomic mass is 10.1. The van der Waals surface area contributed by atoms with E-state index in [1.165, 1.54) is 7.11 Å². The molecule has 0 fully saturated rings. The summed E-state index contributed by atoms with van der Waals surface area (Å²) >= 11 is 5.80. The van der Waals surface area contributed by atoms with Crippen LogP contribution >= 0.6 is 11.6 Å². The topological polar surface area (TPSA) is 96.1 Å². The summed E-state index contributed by atoms with van der Waals surface area (Å²) in [7, 11) is 1.25. The van der Waals surface area contributed by atoms with Gasteiger partial charge in [-0.3, -0.25) is 4.79 Å². The molecule has 3 N–H and O–H groups in total. The molecule has 0 saturated heterocycles. The van der Waals surface area contributed by atoms with Gasteiger partial charge in [-0.2, -0.15) is 13.2 Å². The smallest absolute Gasteiger partial charge is 0.417 e. The third-order valence-corrected chi connectivity index (χ3v) is 4.21. The van der Waals surface area contributed by atoms with Crippen LogP contribution in [0, 0.1) is 13.8 Å². The normalized spacial score (nSPS) is 11.2. The summed E-state index contributed by atoms with van der Waals surface area (Å²) in [5, 5.41) is 5.19. The molecule has 0 spiro atoms. The van der Waals surface area contributed by atoms with Gasteiger partial charge in [-0.05, 0) is 25.5 Å². The molecule has 0 aliphatic carbocycles. The number of hydrogen-bond donors (Lipinski definition) is 3. The monoisotopic (exact) mass is 418 g/mol. The number of rotatable bonds is 6. The van der Waals surface area contributed by atoms with Crippen molar-refractivity contribution in [2.24, 2.45) is 0 Å². The largest absolute Gasteiger partial charge is 0.465 e. The number of ether oxygens (including phenoxy) is 1. The number of H-pyrrole nitrogens is 1. The minimum atomic E-state index is -4.53. The number of aromatic nitrogens is 2. The van der Waals surface area contributed by atoms with Crippen LogP contribution in [-0.4, -0.2) is 42.0 Å². The predicted octanol–water partition coefficient (Wildman–Crippen LogP) is 3.33. The summed E-state index contributed by atoms with van der Waals surface area (Å²) in [6, 6.07) is 0.773. The molecule has 152 valence electrons. The molecule has 28 heavy (non-hydrogen) atoms. The molecular weight excluding hydrogens is 401 g/mol. The maximum absolute atomic E-state index is 12.6. The highest BCUT2D eigenvalue weighted by atomic mass is 35.5. The molecule has 2 rings (SSSR count). The molecule has 0 aromatic carbocycles. The van der Waals surface area contributed by atoms with Gasteiger partial charge >= 0.3 is 12.1 Å². The van der Waals surface area contributed by atoms with E-state index in [4.69, 9.17) is 11.6 Å². The Bertz CT molecular complexity index is 897. The second-order valence-electron chi connectivity index (χ2n) is 5.85. The number of anilines is 1. The Morgan fingerprint density at radius 3 is 2.54 bits per heavy atom. The SMILES string of the molecule is COC(=O)c1c(C)[nH]c(C(=O)NCCNc2ncc(C(F)(F)F)cc2Cl)c1C. The summed E-state index contributed by atoms with van der Waals surface area (Å²) in [5.74, 6) is -0.914. The average molecular weight is 419 g/mol. The average Bonchev–Trinajstić information content (AvgIpc) is 2.92. The van der Waals surface area contributed by atoms with Gasteiger partial charge in [0.05, 0.1) is 23.3 Å². The first kappa shape index (κ1) is 21.5. The zero-order valence-electron chi connectivity index (χ0n) is 15.3. The van der Waals surface area contributed by atoms with Gasteiger partial charge < -0.3 is 20.4 Å². The minimum absolute atomic E-state index is 0.0730. The Hall–Kier alpha value is -2.75. The Morgan fingerprint density at radius 1 is 1.29 bits per heavy atom. The fraction of sp³-hybridized carbons (Fsp3) is 0.353. The van der Waals surface area contributed by atoms with Gasteiger partial charge in [0.15, 0.2) is 0 Å². The summed E-state index contributed by atoms with van der Waals surface area (Å²) in [6.07, 6.45) is -3.86. The first-order chi connectivity index (χ1) is 13.1. The molecule has 7 nitrogen and oxygen atoms in total. The van der Waals surface area contributed by atoms with Gasteiger partial charge in [0, 0.05) is 25.0 Å². The standard InChI is InChI=1S/C17H18ClF3N4O3/c1-8-12(16(27)28-3)9(2)25-13(8)15(26)23-5-4-22-14-11(18)6-10(7-24-14)17(19,20)21/h6-7,25H,4-5H2,1-3H3,(H,22,24)(H,23,26). The summed E-state index contributed by atoms with van der Waals surface area (Å²) in [6.45, 7) is 3.58. The Balaban J connectivity index is 1.94. The number of nitrogens with zero attached hydrogens (tertiary/aromatic N) is 1. The Morgan fingerprint density at radius 2 is 1.96 bits per heavy atom. The van der Waals surface area contributed by atoms with Crippen LogP contribution in [0.1, 0.15) is 37.7 Å². The second-order valence-corrected chi connectivity index (χ2v) is 6.26. The number of hydrogen-bond acceptors (Lipinski definition) is 5. The van der Waals surface area contributed by atoms with E-state index in [1.807, 2.05) is 0 Å². The highest BCUT2D eigenvalue weighted by Gasteiger charge is 2.31. The number of carbonyl (C=O) groups excluding carboxylic acids is 2. The third kappa shape index (κ3) is 4.75. The Labute approximate surface area is 163 Å². The Kier molecular flexibility index (Phi) is 6.55. The number of alkyl halides is 3. The number of methoxy groups -OCH3 is 1. The van der Waals surface area contributed by atoms with Crippen LogP contribution in [0.25, 0.3) is 0 Å². The van der Waals surface area contributed by atoms with Gasteiger partial charge in [-0.15, -0.1) is 0 Å². The van der Waals surface area contributed by atoms with E-state index in [2.05, 4.69) is 25.3 Å². The highest BCUT2D eigenvalue weighted by molar-refractivity contribution is 6.32. The molecule has 2 aromatic heterocycles. The molecule has 11 heteroatoms. The molecule has 0 aliphatic rings. The van der Waals surface area contributed by atoms with Crippen molar-refractivity contribution in [1.29, 1.82) is 0 Å². The number of esters is 1. The van der Waals surface area contributed by atoms with Crippen LogP contribution in [0.3, 0.4) is 0 Å². The van der Waals surface area contributed by atoms with Crippen molar-refractivity contribution in [2.45, 2.75) is 20.0 Å². The summed E-state index contributed by atoms with van der Waals surface area (Å²) in [5.41, 5.74) is 0.543. The molecule has 0 unspecified atom stereocenters. The molecule has 0 atom stereocenters. The van der Waals surface area contributed by atoms with Crippen LogP contribution in [0.2, 0.25) is 5.02 Å². The molecule has 0 radical (unpaired) electrons. The van der Waals surface area contributed by atoms with Crippen molar-refractivity contribution in [3.8, 4) is 0 Å². The number of halogens is 4. The van der Waals surface area contributed by atoms with Gasteiger partial charge in [-0.1, -0.05) is 11.6 Å². The molecular formula is C17H18ClF3N4O3. The highest BCUT2D eigenvalue weighted by Crippen LogP contribution is 2.32. The van der Waals surface area contributed by atoms with E-state index in [0.29, 0.717) is 23.0 Å². The maximum Gasteiger partial charge on any atom is 0.417 e. The molecule has 2 heterocycles. The number of aromatic amines is 1. The van der Waals surface area contributed by atoms with Crippen molar-refractivity contribution >= 4 is 29.3 Å². The lowest BCUT2D eigenvalue weighted by Gasteiger charge is -2.11. The second kappa shape index (κ2) is 8.51. The van der Waals surface area contributed by atoms with E-state index in [0.717, 1.165) is 6.07 Å². The number of aryl methyl sites for hydroxylation is 1. The van der Waals surface area contributed by atoms with Crippen molar-refractivity contribution < 1.29 is 27.5 Å². The zero-order chi connectivity index (χ0) is 21.1. The predicted molar refractivity (Wildman–Crippen MR) is 96.7 cm³/mol. The molecule has 1 amide bonds.